The molecule has 0 unspecified atom stereocenters. The van der Waals surface area contributed by atoms with Gasteiger partial charge in [0.05, 0.1) is 27.7 Å². The van der Waals surface area contributed by atoms with Gasteiger partial charge in [-0.3, -0.25) is 4.55 Å². The molecular formula is C13H24N2O7S. The van der Waals surface area contributed by atoms with E-state index in [0.717, 1.165) is 23.2 Å². The second-order valence-electron chi connectivity index (χ2n) is 5.41. The number of hydrogen-bond donors (Lipinski definition) is 2. The fraction of sp³-hybridized carbons (Fsp3) is 0.538. The molecule has 10 heteroatoms. The molecule has 0 rings (SSSR count). The second-order valence-corrected chi connectivity index (χ2v) is 6.50. The number of rotatable bonds is 8. The minimum absolute atomic E-state index is 0.302. The summed E-state index contributed by atoms with van der Waals surface area (Å²) >= 11 is 0. The number of quaternary nitrogens is 1. The molecule has 0 fully saturated rings. The zero-order valence-electron chi connectivity index (χ0n) is 13.7. The highest BCUT2D eigenvalue weighted by atomic mass is 32.3. The molecule has 0 bridgehead atoms. The average Bonchev–Trinajstić information content (AvgIpc) is 2.32. The maximum atomic E-state index is 10.9. The highest BCUT2D eigenvalue weighted by Gasteiger charge is 2.09. The van der Waals surface area contributed by atoms with Crippen molar-refractivity contribution < 1.29 is 36.3 Å². The van der Waals surface area contributed by atoms with Crippen molar-refractivity contribution in [2.24, 2.45) is 0 Å². The van der Waals surface area contributed by atoms with Gasteiger partial charge >= 0.3 is 16.4 Å². The first-order valence-electron chi connectivity index (χ1n) is 6.41. The summed E-state index contributed by atoms with van der Waals surface area (Å²) in [5.74, 6) is -1.27. The van der Waals surface area contributed by atoms with Crippen LogP contribution in [0.25, 0.3) is 0 Å². The van der Waals surface area contributed by atoms with E-state index in [4.69, 9.17) is 14.7 Å². The van der Waals surface area contributed by atoms with Crippen LogP contribution in [0.3, 0.4) is 0 Å². The molecule has 0 saturated carbocycles. The predicted octanol–water partition coefficient (Wildman–Crippen LogP) is -0.489. The molecule has 0 aromatic heterocycles. The molecule has 2 N–H and O–H groups in total. The van der Waals surface area contributed by atoms with E-state index in [1.54, 1.807) is 6.92 Å². The number of carbonyl (C=O) groups is 1. The molecule has 0 radical (unpaired) electrons. The Morgan fingerprint density at radius 1 is 1.39 bits per heavy atom. The van der Waals surface area contributed by atoms with Crippen LogP contribution in [0.4, 0.5) is 0 Å². The molecule has 0 heterocycles. The first-order chi connectivity index (χ1) is 10.2. The molecular weight excluding hydrogens is 328 g/mol. The van der Waals surface area contributed by atoms with E-state index in [-0.39, 0.29) is 5.97 Å². The minimum atomic E-state index is -4.45. The summed E-state index contributed by atoms with van der Waals surface area (Å²) in [6.45, 7) is 5.95. The molecule has 0 aliphatic rings. The van der Waals surface area contributed by atoms with Crippen LogP contribution < -0.4 is 5.11 Å². The van der Waals surface area contributed by atoms with Crippen LogP contribution in [-0.2, 0) is 24.1 Å². The van der Waals surface area contributed by atoms with Crippen molar-refractivity contribution >= 4 is 22.3 Å². The lowest BCUT2D eigenvalue weighted by molar-refractivity contribution is -0.870. The fourth-order valence-corrected chi connectivity index (χ4v) is 1.07. The van der Waals surface area contributed by atoms with Gasteiger partial charge in [0.2, 0.25) is 0 Å². The van der Waals surface area contributed by atoms with Crippen molar-refractivity contribution in [3.8, 4) is 0 Å². The summed E-state index contributed by atoms with van der Waals surface area (Å²) in [5.41, 5.74) is 0.455. The van der Waals surface area contributed by atoms with E-state index in [1.807, 2.05) is 0 Å². The van der Waals surface area contributed by atoms with Crippen LogP contribution in [0, 0.1) is 5.41 Å². The number of nitrogens with one attached hydrogen (secondary N) is 1. The molecule has 0 saturated heterocycles. The first kappa shape index (κ1) is 23.5. The molecule has 0 aromatic rings. The number of likely N-dealkylation sites (N-methyl/N-ethyl adjacent to an activating group) is 1. The highest BCUT2D eigenvalue weighted by Crippen LogP contribution is 1.94. The third-order valence-electron chi connectivity index (χ3n) is 1.93. The Labute approximate surface area is 136 Å². The van der Waals surface area contributed by atoms with Gasteiger partial charge in [0.15, 0.2) is 0 Å². The van der Waals surface area contributed by atoms with Gasteiger partial charge in [-0.15, -0.1) is 0 Å². The zero-order chi connectivity index (χ0) is 18.7. The summed E-state index contributed by atoms with van der Waals surface area (Å²) in [5, 5.41) is 16.2. The summed E-state index contributed by atoms with van der Waals surface area (Å²) < 4.78 is 37.2. The average molecular weight is 352 g/mol. The van der Waals surface area contributed by atoms with Gasteiger partial charge in [-0.1, -0.05) is 18.7 Å². The molecule has 134 valence electrons. The maximum Gasteiger partial charge on any atom is 0.397 e. The third kappa shape index (κ3) is 22.7. The highest BCUT2D eigenvalue weighted by molar-refractivity contribution is 7.80. The standard InChI is InChI=1S/C9H18NO2.C4H7NO5S/c1-8(2)9(11)12-7-6-10(3,4)5;5-4(6)2-1-3-10-11(7,8)9/h1,6-7H2,2-5H3;1-2H,3H2,(H2,5,6)(H,7,8,9)/q+1;/p-1. The largest absolute Gasteiger partial charge is 0.859 e. The lowest BCUT2D eigenvalue weighted by Gasteiger charge is -2.23. The molecule has 0 spiro atoms. The van der Waals surface area contributed by atoms with Gasteiger partial charge in [-0.2, -0.15) is 8.42 Å². The molecule has 9 nitrogen and oxygen atoms in total. The Balaban J connectivity index is 0. The number of hydrogen-bond acceptors (Lipinski definition) is 7. The van der Waals surface area contributed by atoms with Crippen LogP contribution in [-0.4, -0.2) is 70.2 Å². The number of ether oxygens (including phenoxy) is 1. The maximum absolute atomic E-state index is 10.9. The SMILES string of the molecule is C=C(C)C(=O)OCC[N+](C)(C)C.N=C([O-])C=CCOS(=O)(=O)O. The summed E-state index contributed by atoms with van der Waals surface area (Å²) in [7, 11) is 1.70. The first-order valence-corrected chi connectivity index (χ1v) is 7.78. The Bertz CT molecular complexity index is 533. The number of esters is 1. The van der Waals surface area contributed by atoms with E-state index in [1.165, 1.54) is 0 Å². The summed E-state index contributed by atoms with van der Waals surface area (Å²) in [4.78, 5) is 10.9. The Hall–Kier alpha value is -1.75. The van der Waals surface area contributed by atoms with E-state index in [9.17, 15) is 18.3 Å². The van der Waals surface area contributed by atoms with Crippen LogP contribution in [0.2, 0.25) is 0 Å². The molecule has 0 aliphatic heterocycles. The Morgan fingerprint density at radius 3 is 2.26 bits per heavy atom. The number of carbonyl (C=O) groups excluding carboxylic acids is 1. The summed E-state index contributed by atoms with van der Waals surface area (Å²) in [6, 6.07) is 0. The third-order valence-corrected chi connectivity index (χ3v) is 2.36. The van der Waals surface area contributed by atoms with Crippen molar-refractivity contribution in [2.45, 2.75) is 6.92 Å². The topological polar surface area (TPSA) is 137 Å². The molecule has 0 atom stereocenters. The van der Waals surface area contributed by atoms with Crippen molar-refractivity contribution in [1.29, 1.82) is 5.41 Å². The summed E-state index contributed by atoms with van der Waals surface area (Å²) in [6.07, 6.45) is 1.81. The fourth-order valence-electron chi connectivity index (χ4n) is 0.816. The van der Waals surface area contributed by atoms with Gasteiger partial charge in [-0.05, 0) is 12.8 Å². The monoisotopic (exact) mass is 352 g/mol. The van der Waals surface area contributed by atoms with Crippen LogP contribution >= 0.6 is 0 Å². The lowest BCUT2D eigenvalue weighted by atomic mass is 10.4. The smallest absolute Gasteiger partial charge is 0.397 e. The van der Waals surface area contributed by atoms with Crippen LogP contribution in [0.1, 0.15) is 6.92 Å². The van der Waals surface area contributed by atoms with Gasteiger partial charge in [0.25, 0.3) is 0 Å². The van der Waals surface area contributed by atoms with E-state index in [2.05, 4.69) is 31.9 Å². The van der Waals surface area contributed by atoms with E-state index in [0.29, 0.717) is 12.2 Å². The Morgan fingerprint density at radius 2 is 1.91 bits per heavy atom. The number of nitrogens with zero attached hydrogens (tertiary/aromatic N) is 1. The van der Waals surface area contributed by atoms with Gasteiger partial charge in [0, 0.05) is 5.57 Å². The van der Waals surface area contributed by atoms with Crippen molar-refractivity contribution in [3.05, 3.63) is 24.3 Å². The van der Waals surface area contributed by atoms with Crippen LogP contribution in [0.5, 0.6) is 0 Å². The molecule has 0 amide bonds. The molecule has 0 aromatic carbocycles. The lowest BCUT2D eigenvalue weighted by Crippen LogP contribution is -2.38. The molecule has 23 heavy (non-hydrogen) atoms. The van der Waals surface area contributed by atoms with E-state index >= 15 is 0 Å². The van der Waals surface area contributed by atoms with Crippen LogP contribution in [0.15, 0.2) is 24.3 Å². The van der Waals surface area contributed by atoms with Crippen molar-refractivity contribution in [1.82, 2.24) is 0 Å². The minimum Gasteiger partial charge on any atom is -0.859 e. The van der Waals surface area contributed by atoms with Crippen molar-refractivity contribution in [2.75, 3.05) is 40.9 Å². The quantitative estimate of drug-likeness (QED) is 0.150. The molecule has 0 aliphatic carbocycles. The van der Waals surface area contributed by atoms with Gasteiger partial charge in [0.1, 0.15) is 13.2 Å². The Kier molecular flexibility index (Phi) is 11.1. The van der Waals surface area contributed by atoms with Gasteiger partial charge < -0.3 is 19.7 Å². The predicted molar refractivity (Wildman–Crippen MR) is 83.0 cm³/mol. The van der Waals surface area contributed by atoms with Crippen molar-refractivity contribution in [3.63, 3.8) is 0 Å². The second kappa shape index (κ2) is 10.9. The normalized spacial score (nSPS) is 11.5. The zero-order valence-corrected chi connectivity index (χ0v) is 14.6. The van der Waals surface area contributed by atoms with Gasteiger partial charge in [-0.25, -0.2) is 8.98 Å². The van der Waals surface area contributed by atoms with E-state index < -0.39 is 22.9 Å².